The van der Waals surface area contributed by atoms with Gasteiger partial charge in [0.05, 0.1) is 5.60 Å². The molecule has 0 radical (unpaired) electrons. The lowest BCUT2D eigenvalue weighted by Gasteiger charge is -2.42. The molecule has 11 heteroatoms. The summed E-state index contributed by atoms with van der Waals surface area (Å²) in [6.07, 6.45) is -4.21. The molecule has 2 aliphatic rings. The number of fused-ring (bicyclic) bond motifs is 1. The zero-order valence-corrected chi connectivity index (χ0v) is 27.7. The Labute approximate surface area is 239 Å². The van der Waals surface area contributed by atoms with Crippen LogP contribution in [0.3, 0.4) is 0 Å². The largest absolute Gasteiger partial charge is 0.429 e. The smallest absolute Gasteiger partial charge is 0.413 e. The topological polar surface area (TPSA) is 35.5 Å². The molecule has 4 atom stereocenters. The number of ketones is 1. The van der Waals surface area contributed by atoms with E-state index in [1.54, 1.807) is 0 Å². The zero-order valence-electron chi connectivity index (χ0n) is 25.7. The Morgan fingerprint density at radius 2 is 1.38 bits per heavy atom. The molecular weight excluding hydrogens is 566 g/mol. The van der Waals surface area contributed by atoms with Gasteiger partial charge in [-0.15, -0.1) is 0 Å². The summed E-state index contributed by atoms with van der Waals surface area (Å²) in [5.74, 6) is 0.377. The summed E-state index contributed by atoms with van der Waals surface area (Å²) in [5, 5.41) is 0. The van der Waals surface area contributed by atoms with Crippen LogP contribution in [0.4, 0.5) is 26.3 Å². The number of Topliss-reactive ketones (excluding diaryl/α,β-unsaturated/α-hetero) is 1. The van der Waals surface area contributed by atoms with E-state index in [-0.39, 0.29) is 41.6 Å². The maximum absolute atomic E-state index is 14.1. The Morgan fingerprint density at radius 3 is 1.88 bits per heavy atom. The summed E-state index contributed by atoms with van der Waals surface area (Å²) in [6.45, 7) is 16.3. The Bertz CT molecular complexity index is 887. The van der Waals surface area contributed by atoms with Crippen molar-refractivity contribution in [3.05, 3.63) is 12.2 Å². The average molecular weight is 617 g/mol. The lowest BCUT2D eigenvalue weighted by atomic mass is 9.63. The van der Waals surface area contributed by atoms with E-state index >= 15 is 0 Å². The lowest BCUT2D eigenvalue weighted by molar-refractivity contribution is -0.340. The number of alkyl halides is 6. The fourth-order valence-electron chi connectivity index (χ4n) is 7.15. The second-order valence-electron chi connectivity index (χ2n) is 14.8. The predicted octanol–water partition coefficient (Wildman–Crippen LogP) is 9.85. The number of hydrogen-bond donors (Lipinski definition) is 0. The van der Waals surface area contributed by atoms with Crippen LogP contribution in [0.15, 0.2) is 12.2 Å². The van der Waals surface area contributed by atoms with Crippen molar-refractivity contribution in [1.82, 2.24) is 0 Å². The zero-order chi connectivity index (χ0) is 31.0. The van der Waals surface area contributed by atoms with E-state index in [9.17, 15) is 31.1 Å². The molecule has 0 aliphatic heterocycles. The van der Waals surface area contributed by atoms with Crippen molar-refractivity contribution in [2.45, 2.75) is 141 Å². The van der Waals surface area contributed by atoms with Gasteiger partial charge in [-0.3, -0.25) is 4.79 Å². The quantitative estimate of drug-likeness (QED) is 0.124. The lowest BCUT2D eigenvalue weighted by Crippen LogP contribution is -2.61. The number of halogens is 6. The fraction of sp³-hybridized carbons (Fsp3) is 0.897. The third-order valence-electron chi connectivity index (χ3n) is 8.45. The fourth-order valence-corrected chi connectivity index (χ4v) is 10.2. The second kappa shape index (κ2) is 12.1. The average Bonchev–Trinajstić information content (AvgIpc) is 3.15. The highest BCUT2D eigenvalue weighted by Crippen LogP contribution is 2.55. The number of allylic oxidation sites excluding steroid dienone is 1. The second-order valence-corrected chi connectivity index (χ2v) is 23.7. The Kier molecular flexibility index (Phi) is 10.8. The van der Waals surface area contributed by atoms with Gasteiger partial charge >= 0.3 is 12.4 Å². The molecule has 0 amide bonds. The minimum Gasteiger partial charge on any atom is -0.413 e. The summed E-state index contributed by atoms with van der Waals surface area (Å²) in [4.78, 5) is 12.6. The predicted molar refractivity (Wildman–Crippen MR) is 152 cm³/mol. The van der Waals surface area contributed by atoms with E-state index in [2.05, 4.69) is 19.6 Å². The molecule has 0 saturated heterocycles. The maximum atomic E-state index is 14.1. The van der Waals surface area contributed by atoms with Crippen molar-refractivity contribution in [2.24, 2.45) is 23.2 Å². The van der Waals surface area contributed by atoms with Crippen LogP contribution in [-0.2, 0) is 13.6 Å². The van der Waals surface area contributed by atoms with Gasteiger partial charge in [-0.2, -0.15) is 26.3 Å². The summed E-state index contributed by atoms with van der Waals surface area (Å²) in [6, 6.07) is 0. The van der Waals surface area contributed by atoms with E-state index in [1.165, 1.54) is 19.6 Å². The molecule has 0 aromatic carbocycles. The standard InChI is InChI=1S/C29H50F6O3Si2/c1-25(2,37-39(4,5)6)17-11-18-26(3,23-16-15-22-21(23)13-10-14-24(22)36)19-12-20-27(28(30,31)32,29(33,34)35)38-40(7,8)9/h12,20-23H,10-11,13-19H2,1-9H3/b20-12-/t21?,22?,23?,26-/m0/s1. The molecule has 0 aromatic heterocycles. The molecule has 40 heavy (non-hydrogen) atoms. The number of carbonyl (C=O) groups excluding carboxylic acids is 1. The molecule has 3 unspecified atom stereocenters. The summed E-state index contributed by atoms with van der Waals surface area (Å²) < 4.78 is 96.0. The Balaban J connectivity index is 2.41. The molecule has 0 spiro atoms. The first-order chi connectivity index (χ1) is 17.8. The van der Waals surface area contributed by atoms with Crippen LogP contribution in [0.1, 0.15) is 78.6 Å². The molecule has 2 saturated carbocycles. The van der Waals surface area contributed by atoms with Crippen molar-refractivity contribution >= 4 is 22.4 Å². The van der Waals surface area contributed by atoms with E-state index in [4.69, 9.17) is 8.85 Å². The van der Waals surface area contributed by atoms with Crippen molar-refractivity contribution in [1.29, 1.82) is 0 Å². The molecule has 0 N–H and O–H groups in total. The number of rotatable bonds is 12. The highest BCUT2D eigenvalue weighted by Gasteiger charge is 2.71. The molecule has 0 aromatic rings. The first kappa shape index (κ1) is 35.5. The van der Waals surface area contributed by atoms with E-state index in [0.29, 0.717) is 12.8 Å². The summed E-state index contributed by atoms with van der Waals surface area (Å²) in [7, 11) is -5.08. The van der Waals surface area contributed by atoms with Crippen LogP contribution in [0.5, 0.6) is 0 Å². The van der Waals surface area contributed by atoms with Gasteiger partial charge in [0, 0.05) is 12.3 Å². The molecule has 234 valence electrons. The first-order valence-electron chi connectivity index (χ1n) is 14.6. The van der Waals surface area contributed by atoms with E-state index in [1.807, 2.05) is 20.8 Å². The van der Waals surface area contributed by atoms with Crippen LogP contribution in [-0.4, -0.2) is 46.0 Å². The van der Waals surface area contributed by atoms with Gasteiger partial charge in [0.25, 0.3) is 5.60 Å². The highest BCUT2D eigenvalue weighted by molar-refractivity contribution is 6.70. The van der Waals surface area contributed by atoms with Crippen LogP contribution >= 0.6 is 0 Å². The highest BCUT2D eigenvalue weighted by atomic mass is 28.4. The normalized spacial score (nSPS) is 25.4. The minimum absolute atomic E-state index is 0.0478. The van der Waals surface area contributed by atoms with Gasteiger partial charge in [0.1, 0.15) is 5.78 Å². The molecule has 2 fully saturated rings. The number of carbonyl (C=O) groups is 1. The molecule has 0 bridgehead atoms. The van der Waals surface area contributed by atoms with Crippen molar-refractivity contribution in [2.75, 3.05) is 0 Å². The summed E-state index contributed by atoms with van der Waals surface area (Å²) in [5.41, 5.74) is -5.30. The van der Waals surface area contributed by atoms with Crippen molar-refractivity contribution < 1.29 is 40.0 Å². The van der Waals surface area contributed by atoms with Crippen LogP contribution in [0.2, 0.25) is 39.3 Å². The maximum Gasteiger partial charge on any atom is 0.429 e. The van der Waals surface area contributed by atoms with Gasteiger partial charge in [-0.1, -0.05) is 19.4 Å². The number of hydrogen-bond acceptors (Lipinski definition) is 3. The molecule has 0 heterocycles. The van der Waals surface area contributed by atoms with Gasteiger partial charge in [-0.25, -0.2) is 0 Å². The van der Waals surface area contributed by atoms with Gasteiger partial charge in [0.15, 0.2) is 16.6 Å². The van der Waals surface area contributed by atoms with Crippen LogP contribution in [0, 0.1) is 23.2 Å². The minimum atomic E-state index is -5.66. The third-order valence-corrected chi connectivity index (χ3v) is 10.5. The van der Waals surface area contributed by atoms with Crippen LogP contribution < -0.4 is 0 Å². The SMILES string of the molecule is CC(C)(CCC[C@@](C)(C/C=C\C(O[Si](C)(C)C)(C(F)(F)F)C(F)(F)F)C1CCC2C(=O)CCCC21)O[Si](C)(C)C. The first-order valence-corrected chi connectivity index (χ1v) is 21.4. The van der Waals surface area contributed by atoms with E-state index < -0.39 is 40.0 Å². The molecule has 3 nitrogen and oxygen atoms in total. The van der Waals surface area contributed by atoms with Gasteiger partial charge in [-0.05, 0) is 121 Å². The third kappa shape index (κ3) is 8.92. The van der Waals surface area contributed by atoms with E-state index in [0.717, 1.165) is 44.6 Å². The van der Waals surface area contributed by atoms with Gasteiger partial charge < -0.3 is 8.85 Å². The van der Waals surface area contributed by atoms with Crippen LogP contribution in [0.25, 0.3) is 0 Å². The molecule has 2 rings (SSSR count). The van der Waals surface area contributed by atoms with Crippen molar-refractivity contribution in [3.63, 3.8) is 0 Å². The Hall–Kier alpha value is -0.656. The van der Waals surface area contributed by atoms with Gasteiger partial charge in [0.2, 0.25) is 0 Å². The van der Waals surface area contributed by atoms with Crippen molar-refractivity contribution in [3.8, 4) is 0 Å². The molecular formula is C29H50F6O3Si2. The molecule has 2 aliphatic carbocycles. The Morgan fingerprint density at radius 1 is 0.825 bits per heavy atom. The monoisotopic (exact) mass is 616 g/mol. The summed E-state index contributed by atoms with van der Waals surface area (Å²) >= 11 is 0.